The third-order valence-electron chi connectivity index (χ3n) is 3.33. The Bertz CT molecular complexity index is 536. The summed E-state index contributed by atoms with van der Waals surface area (Å²) in [6.07, 6.45) is 0. The first-order chi connectivity index (χ1) is 8.83. The molecule has 0 aromatic heterocycles. The van der Waals surface area contributed by atoms with E-state index in [1.807, 2.05) is 11.8 Å². The Morgan fingerprint density at radius 3 is 2.72 bits per heavy atom. The first-order valence-corrected chi connectivity index (χ1v) is 7.29. The van der Waals surface area contributed by atoms with Gasteiger partial charge in [0.1, 0.15) is 0 Å². The quantitative estimate of drug-likeness (QED) is 0.796. The van der Waals surface area contributed by atoms with Gasteiger partial charge in [-0.3, -0.25) is 4.90 Å². The highest BCUT2D eigenvalue weighted by atomic mass is 32.2. The average Bonchev–Trinajstić information content (AvgIpc) is 2.40. The van der Waals surface area contributed by atoms with Crippen LogP contribution in [0.4, 0.5) is 0 Å². The molecule has 0 aliphatic carbocycles. The molecule has 1 aliphatic heterocycles. The fraction of sp³-hybridized carbons (Fsp3) is 0.250. The van der Waals surface area contributed by atoms with E-state index >= 15 is 0 Å². The van der Waals surface area contributed by atoms with Gasteiger partial charge in [0.25, 0.3) is 0 Å². The number of hydrogen-bond donors (Lipinski definition) is 0. The molecule has 18 heavy (non-hydrogen) atoms. The Morgan fingerprint density at radius 1 is 1.06 bits per heavy atom. The molecule has 0 N–H and O–H groups in total. The van der Waals surface area contributed by atoms with Crippen molar-refractivity contribution < 1.29 is 0 Å². The first kappa shape index (κ1) is 11.8. The van der Waals surface area contributed by atoms with E-state index in [1.165, 1.54) is 21.6 Å². The Labute approximate surface area is 113 Å². The van der Waals surface area contributed by atoms with Gasteiger partial charge in [-0.25, -0.2) is 0 Å². The monoisotopic (exact) mass is 255 g/mol. The van der Waals surface area contributed by atoms with Crippen molar-refractivity contribution in [3.8, 4) is 0 Å². The highest BCUT2D eigenvalue weighted by molar-refractivity contribution is 7.99. The van der Waals surface area contributed by atoms with E-state index in [1.54, 1.807) is 0 Å². The number of fused-ring (bicyclic) bond motifs is 1. The van der Waals surface area contributed by atoms with E-state index in [-0.39, 0.29) is 0 Å². The second-order valence-electron chi connectivity index (χ2n) is 4.81. The zero-order valence-corrected chi connectivity index (χ0v) is 11.4. The summed E-state index contributed by atoms with van der Waals surface area (Å²) in [7, 11) is 0. The lowest BCUT2D eigenvalue weighted by atomic mass is 10.1. The van der Waals surface area contributed by atoms with Crippen molar-refractivity contribution in [2.75, 3.05) is 5.88 Å². The van der Waals surface area contributed by atoms with Crippen molar-refractivity contribution in [2.45, 2.75) is 24.9 Å². The van der Waals surface area contributed by atoms with E-state index in [2.05, 4.69) is 60.4 Å². The summed E-state index contributed by atoms with van der Waals surface area (Å²) in [5.74, 6) is 1.09. The molecule has 3 rings (SSSR count). The van der Waals surface area contributed by atoms with Crippen molar-refractivity contribution in [3.63, 3.8) is 0 Å². The van der Waals surface area contributed by atoms with Crippen LogP contribution in [-0.4, -0.2) is 10.8 Å². The van der Waals surface area contributed by atoms with Gasteiger partial charge in [0.05, 0.1) is 0 Å². The lowest BCUT2D eigenvalue weighted by Crippen LogP contribution is -2.26. The summed E-state index contributed by atoms with van der Waals surface area (Å²) in [6.45, 7) is 4.32. The number of hydrogen-bond acceptors (Lipinski definition) is 2. The lowest BCUT2D eigenvalue weighted by molar-refractivity contribution is 0.297. The molecule has 0 atom stereocenters. The minimum atomic E-state index is 1.04. The molecule has 2 aromatic rings. The summed E-state index contributed by atoms with van der Waals surface area (Å²) < 4.78 is 0. The van der Waals surface area contributed by atoms with Gasteiger partial charge in [-0.15, -0.1) is 11.8 Å². The molecule has 0 fully saturated rings. The standard InChI is InChI=1S/C16H17NS/c1-13-6-5-9-15-11-17(12-18-16(13)15)10-14-7-3-2-4-8-14/h2-9H,10-12H2,1H3. The fourth-order valence-electron chi connectivity index (χ4n) is 2.43. The van der Waals surface area contributed by atoms with Crippen LogP contribution in [0.2, 0.25) is 0 Å². The van der Waals surface area contributed by atoms with Gasteiger partial charge in [0.2, 0.25) is 0 Å². The number of nitrogens with zero attached hydrogens (tertiary/aromatic N) is 1. The van der Waals surface area contributed by atoms with E-state index < -0.39 is 0 Å². The molecule has 92 valence electrons. The SMILES string of the molecule is Cc1cccc2c1SCN(Cc1ccccc1)C2. The van der Waals surface area contributed by atoms with Gasteiger partial charge in [-0.05, 0) is 23.6 Å². The molecule has 0 radical (unpaired) electrons. The summed E-state index contributed by atoms with van der Waals surface area (Å²) in [5.41, 5.74) is 4.29. The third-order valence-corrected chi connectivity index (χ3v) is 4.69. The topological polar surface area (TPSA) is 3.24 Å². The van der Waals surface area contributed by atoms with Crippen molar-refractivity contribution in [1.29, 1.82) is 0 Å². The van der Waals surface area contributed by atoms with E-state index in [4.69, 9.17) is 0 Å². The Kier molecular flexibility index (Phi) is 3.39. The molecule has 0 unspecified atom stereocenters. The number of rotatable bonds is 2. The smallest absolute Gasteiger partial charge is 0.0498 e. The lowest BCUT2D eigenvalue weighted by Gasteiger charge is -2.29. The van der Waals surface area contributed by atoms with Gasteiger partial charge >= 0.3 is 0 Å². The van der Waals surface area contributed by atoms with Crippen molar-refractivity contribution in [2.24, 2.45) is 0 Å². The molecule has 0 saturated carbocycles. The number of thioether (sulfide) groups is 1. The van der Waals surface area contributed by atoms with E-state index in [9.17, 15) is 0 Å². The van der Waals surface area contributed by atoms with Crippen LogP contribution in [0.15, 0.2) is 53.4 Å². The summed E-state index contributed by atoms with van der Waals surface area (Å²) in [4.78, 5) is 3.99. The van der Waals surface area contributed by atoms with Crippen molar-refractivity contribution in [1.82, 2.24) is 4.90 Å². The van der Waals surface area contributed by atoms with Gasteiger partial charge in [-0.2, -0.15) is 0 Å². The molecular formula is C16H17NS. The zero-order valence-electron chi connectivity index (χ0n) is 10.6. The molecular weight excluding hydrogens is 238 g/mol. The molecule has 0 spiro atoms. The highest BCUT2D eigenvalue weighted by Crippen LogP contribution is 2.33. The minimum Gasteiger partial charge on any atom is -0.285 e. The normalized spacial score (nSPS) is 15.4. The second kappa shape index (κ2) is 5.17. The maximum Gasteiger partial charge on any atom is 0.0498 e. The van der Waals surface area contributed by atoms with Crippen LogP contribution in [0.25, 0.3) is 0 Å². The second-order valence-corrected chi connectivity index (χ2v) is 5.76. The van der Waals surface area contributed by atoms with Gasteiger partial charge in [0.15, 0.2) is 0 Å². The maximum atomic E-state index is 2.50. The summed E-state index contributed by atoms with van der Waals surface area (Å²) in [5, 5.41) is 0. The van der Waals surface area contributed by atoms with Crippen LogP contribution in [0.5, 0.6) is 0 Å². The molecule has 1 aliphatic rings. The molecule has 1 heterocycles. The summed E-state index contributed by atoms with van der Waals surface area (Å²) in [6, 6.07) is 17.3. The minimum absolute atomic E-state index is 1.04. The van der Waals surface area contributed by atoms with E-state index in [0.29, 0.717) is 0 Å². The zero-order chi connectivity index (χ0) is 12.4. The number of aryl methyl sites for hydroxylation is 1. The first-order valence-electron chi connectivity index (χ1n) is 6.30. The van der Waals surface area contributed by atoms with Crippen LogP contribution in [0, 0.1) is 6.92 Å². The van der Waals surface area contributed by atoms with Crippen LogP contribution in [-0.2, 0) is 13.1 Å². The molecule has 2 heteroatoms. The van der Waals surface area contributed by atoms with Gasteiger partial charge in [-0.1, -0.05) is 48.5 Å². The van der Waals surface area contributed by atoms with Crippen LogP contribution >= 0.6 is 11.8 Å². The Hall–Kier alpha value is -1.25. The number of benzene rings is 2. The van der Waals surface area contributed by atoms with Crippen LogP contribution in [0.3, 0.4) is 0 Å². The average molecular weight is 255 g/mol. The Morgan fingerprint density at radius 2 is 1.89 bits per heavy atom. The highest BCUT2D eigenvalue weighted by Gasteiger charge is 2.17. The molecule has 0 bridgehead atoms. The Balaban J connectivity index is 1.76. The largest absolute Gasteiger partial charge is 0.285 e. The molecule has 0 amide bonds. The molecule has 0 saturated heterocycles. The fourth-order valence-corrected chi connectivity index (χ4v) is 3.54. The maximum absolute atomic E-state index is 2.50. The predicted octanol–water partition coefficient (Wildman–Crippen LogP) is 4.06. The third kappa shape index (κ3) is 2.45. The summed E-state index contributed by atoms with van der Waals surface area (Å²) >= 11 is 1.97. The van der Waals surface area contributed by atoms with Crippen molar-refractivity contribution in [3.05, 3.63) is 65.2 Å². The van der Waals surface area contributed by atoms with Gasteiger partial charge < -0.3 is 0 Å². The van der Waals surface area contributed by atoms with Gasteiger partial charge in [0, 0.05) is 23.9 Å². The molecule has 2 aromatic carbocycles. The molecule has 1 nitrogen and oxygen atoms in total. The van der Waals surface area contributed by atoms with Crippen molar-refractivity contribution >= 4 is 11.8 Å². The predicted molar refractivity (Wildman–Crippen MR) is 77.6 cm³/mol. The van der Waals surface area contributed by atoms with Crippen LogP contribution in [0.1, 0.15) is 16.7 Å². The van der Waals surface area contributed by atoms with E-state index in [0.717, 1.165) is 19.0 Å². The van der Waals surface area contributed by atoms with Crippen LogP contribution < -0.4 is 0 Å².